The number of amides is 1. The van der Waals surface area contributed by atoms with Gasteiger partial charge in [0.2, 0.25) is 15.9 Å². The second-order valence-electron chi connectivity index (χ2n) is 7.56. The number of morpholine rings is 1. The fourth-order valence-electron chi connectivity index (χ4n) is 3.74. The number of rotatable bonds is 7. The molecule has 0 bridgehead atoms. The summed E-state index contributed by atoms with van der Waals surface area (Å²) in [5, 5.41) is 3.30. The lowest BCUT2D eigenvalue weighted by Crippen LogP contribution is -2.40. The molecule has 4 rings (SSSR count). The van der Waals surface area contributed by atoms with Gasteiger partial charge in [-0.05, 0) is 35.9 Å². The number of nitrogens with zero attached hydrogens (tertiary/aromatic N) is 1. The summed E-state index contributed by atoms with van der Waals surface area (Å²) in [6.45, 7) is 1.08. The molecule has 10 nitrogen and oxygen atoms in total. The second kappa shape index (κ2) is 9.84. The van der Waals surface area contributed by atoms with Crippen molar-refractivity contribution in [1.29, 1.82) is 0 Å². The number of fused-ring (bicyclic) bond motifs is 1. The Hall–Kier alpha value is -3.41. The minimum Gasteiger partial charge on any atom is -0.497 e. The van der Waals surface area contributed by atoms with E-state index in [1.165, 1.54) is 36.7 Å². The Kier molecular flexibility index (Phi) is 6.87. The summed E-state index contributed by atoms with van der Waals surface area (Å²) < 4.78 is 48.5. The third-order valence-corrected chi connectivity index (χ3v) is 7.34. The topological polar surface area (TPSA) is 124 Å². The average molecular weight is 489 g/mol. The van der Waals surface area contributed by atoms with Gasteiger partial charge in [-0.3, -0.25) is 4.79 Å². The number of carbonyl (C=O) groups excluding carboxylic acids is 1. The second-order valence-corrected chi connectivity index (χ2v) is 9.47. The van der Waals surface area contributed by atoms with E-state index in [-0.39, 0.29) is 35.8 Å². The highest BCUT2D eigenvalue weighted by Crippen LogP contribution is 2.30. The van der Waals surface area contributed by atoms with E-state index in [2.05, 4.69) is 5.32 Å². The van der Waals surface area contributed by atoms with Gasteiger partial charge in [0.05, 0.1) is 33.9 Å². The molecule has 0 aliphatic carbocycles. The third kappa shape index (κ3) is 4.91. The number of ether oxygens (including phenoxy) is 3. The highest BCUT2D eigenvalue weighted by Gasteiger charge is 2.29. The van der Waals surface area contributed by atoms with Crippen LogP contribution in [0.15, 0.2) is 56.6 Å². The minimum absolute atomic E-state index is 0.0485. The number of anilines is 1. The van der Waals surface area contributed by atoms with Crippen molar-refractivity contribution in [3.05, 3.63) is 58.4 Å². The SMILES string of the molecule is COc1ccc2c(CC(=O)Nc3ccc(OC)c(S(=O)(=O)N4CCOCC4)c3)cc(=O)oc2c1. The molecule has 0 radical (unpaired) electrons. The van der Waals surface area contributed by atoms with Crippen LogP contribution in [0.5, 0.6) is 11.5 Å². The molecule has 34 heavy (non-hydrogen) atoms. The fraction of sp³-hybridized carbons (Fsp3) is 0.304. The molecule has 1 aliphatic rings. The van der Waals surface area contributed by atoms with Crippen LogP contribution in [0.25, 0.3) is 11.0 Å². The zero-order valence-electron chi connectivity index (χ0n) is 18.7. The fourth-order valence-corrected chi connectivity index (χ4v) is 5.33. The summed E-state index contributed by atoms with van der Waals surface area (Å²) in [6, 6.07) is 10.7. The summed E-state index contributed by atoms with van der Waals surface area (Å²) in [4.78, 5) is 24.7. The number of nitrogens with one attached hydrogen (secondary N) is 1. The van der Waals surface area contributed by atoms with Gasteiger partial charge < -0.3 is 23.9 Å². The number of sulfonamides is 1. The minimum atomic E-state index is -3.85. The molecule has 0 saturated carbocycles. The third-order valence-electron chi connectivity index (χ3n) is 5.42. The summed E-state index contributed by atoms with van der Waals surface area (Å²) in [5.41, 5.74) is 0.470. The van der Waals surface area contributed by atoms with Crippen LogP contribution in [-0.2, 0) is 26.0 Å². The van der Waals surface area contributed by atoms with Gasteiger partial charge in [0.25, 0.3) is 0 Å². The van der Waals surface area contributed by atoms with Gasteiger partial charge in [0.15, 0.2) is 0 Å². The van der Waals surface area contributed by atoms with Crippen LogP contribution < -0.4 is 20.4 Å². The van der Waals surface area contributed by atoms with E-state index in [0.29, 0.717) is 35.5 Å². The average Bonchev–Trinajstić information content (AvgIpc) is 2.84. The zero-order valence-corrected chi connectivity index (χ0v) is 19.5. The van der Waals surface area contributed by atoms with Crippen molar-refractivity contribution in [2.45, 2.75) is 11.3 Å². The van der Waals surface area contributed by atoms with Gasteiger partial charge in [0.1, 0.15) is 22.0 Å². The Labute approximate surface area is 196 Å². The summed E-state index contributed by atoms with van der Waals surface area (Å²) in [5.74, 6) is 0.261. The van der Waals surface area contributed by atoms with Crippen molar-refractivity contribution in [2.24, 2.45) is 0 Å². The molecule has 1 amide bonds. The molecule has 11 heteroatoms. The van der Waals surface area contributed by atoms with Crippen LogP contribution in [-0.4, -0.2) is 59.2 Å². The van der Waals surface area contributed by atoms with Crippen molar-refractivity contribution in [1.82, 2.24) is 4.31 Å². The summed E-state index contributed by atoms with van der Waals surface area (Å²) >= 11 is 0. The van der Waals surface area contributed by atoms with Crippen LogP contribution in [0.1, 0.15) is 5.56 Å². The molecule has 0 spiro atoms. The first-order valence-corrected chi connectivity index (χ1v) is 11.9. The first-order valence-electron chi connectivity index (χ1n) is 10.5. The smallest absolute Gasteiger partial charge is 0.336 e. The number of hydrogen-bond donors (Lipinski definition) is 1. The Morgan fingerprint density at radius 1 is 1.06 bits per heavy atom. The summed E-state index contributed by atoms with van der Waals surface area (Å²) in [6.07, 6.45) is -0.119. The molecule has 3 aromatic rings. The van der Waals surface area contributed by atoms with Crippen LogP contribution in [0, 0.1) is 0 Å². The van der Waals surface area contributed by atoms with Crippen LogP contribution in [0.2, 0.25) is 0 Å². The predicted molar refractivity (Wildman–Crippen MR) is 124 cm³/mol. The Balaban J connectivity index is 1.59. The maximum atomic E-state index is 13.2. The lowest BCUT2D eigenvalue weighted by Gasteiger charge is -2.26. The van der Waals surface area contributed by atoms with Crippen molar-refractivity contribution in [3.63, 3.8) is 0 Å². The molecule has 1 fully saturated rings. The van der Waals surface area contributed by atoms with Gasteiger partial charge >= 0.3 is 5.63 Å². The molecule has 1 saturated heterocycles. The molecule has 1 N–H and O–H groups in total. The van der Waals surface area contributed by atoms with Crippen LogP contribution in [0.4, 0.5) is 5.69 Å². The van der Waals surface area contributed by atoms with Crippen molar-refractivity contribution in [3.8, 4) is 11.5 Å². The molecule has 2 aromatic carbocycles. The first kappa shape index (κ1) is 23.7. The molecule has 2 heterocycles. The van der Waals surface area contributed by atoms with E-state index in [4.69, 9.17) is 18.6 Å². The van der Waals surface area contributed by atoms with Gasteiger partial charge in [-0.1, -0.05) is 0 Å². The molecule has 180 valence electrons. The van der Waals surface area contributed by atoms with E-state index in [0.717, 1.165) is 0 Å². The molecule has 1 aliphatic heterocycles. The van der Waals surface area contributed by atoms with Crippen molar-refractivity contribution in [2.75, 3.05) is 45.8 Å². The number of hydrogen-bond acceptors (Lipinski definition) is 8. The first-order chi connectivity index (χ1) is 16.3. The van der Waals surface area contributed by atoms with Crippen molar-refractivity contribution < 1.29 is 31.8 Å². The van der Waals surface area contributed by atoms with Crippen LogP contribution >= 0.6 is 0 Å². The molecule has 0 atom stereocenters. The Morgan fingerprint density at radius 3 is 2.53 bits per heavy atom. The normalized spacial score (nSPS) is 14.6. The van der Waals surface area contributed by atoms with Crippen LogP contribution in [0.3, 0.4) is 0 Å². The Morgan fingerprint density at radius 2 is 1.82 bits per heavy atom. The zero-order chi connectivity index (χ0) is 24.3. The van der Waals surface area contributed by atoms with Gasteiger partial charge in [-0.2, -0.15) is 4.31 Å². The van der Waals surface area contributed by atoms with Gasteiger partial charge in [-0.25, -0.2) is 13.2 Å². The standard InChI is InChI=1S/C23H24N2O8S/c1-30-17-4-5-18-15(12-23(27)33-20(18)14-17)11-22(26)24-16-3-6-19(31-2)21(13-16)34(28,29)25-7-9-32-10-8-25/h3-6,12-14H,7-11H2,1-2H3,(H,24,26). The van der Waals surface area contributed by atoms with E-state index in [1.807, 2.05) is 0 Å². The molecular weight excluding hydrogens is 464 g/mol. The molecular formula is C23H24N2O8S. The van der Waals surface area contributed by atoms with E-state index in [9.17, 15) is 18.0 Å². The number of benzene rings is 2. The van der Waals surface area contributed by atoms with Crippen molar-refractivity contribution >= 4 is 32.6 Å². The van der Waals surface area contributed by atoms with Gasteiger partial charge in [-0.15, -0.1) is 0 Å². The predicted octanol–water partition coefficient (Wildman–Crippen LogP) is 2.01. The van der Waals surface area contributed by atoms with E-state index in [1.54, 1.807) is 24.3 Å². The van der Waals surface area contributed by atoms with Gasteiger partial charge in [0, 0.05) is 36.3 Å². The monoisotopic (exact) mass is 488 g/mol. The lowest BCUT2D eigenvalue weighted by molar-refractivity contribution is -0.115. The van der Waals surface area contributed by atoms with E-state index >= 15 is 0 Å². The lowest BCUT2D eigenvalue weighted by atomic mass is 10.1. The van der Waals surface area contributed by atoms with E-state index < -0.39 is 21.6 Å². The summed E-state index contributed by atoms with van der Waals surface area (Å²) in [7, 11) is -0.971. The quantitative estimate of drug-likeness (QED) is 0.501. The maximum absolute atomic E-state index is 13.2. The Bertz CT molecular complexity index is 1380. The highest BCUT2D eigenvalue weighted by atomic mass is 32.2. The number of carbonyl (C=O) groups is 1. The highest BCUT2D eigenvalue weighted by molar-refractivity contribution is 7.89. The largest absolute Gasteiger partial charge is 0.497 e. The maximum Gasteiger partial charge on any atom is 0.336 e. The molecule has 1 aromatic heterocycles. The number of methoxy groups -OCH3 is 2. The molecule has 0 unspecified atom stereocenters.